The zero-order valence-electron chi connectivity index (χ0n) is 11.6. The van der Waals surface area contributed by atoms with Crippen molar-refractivity contribution in [3.8, 4) is 0 Å². The van der Waals surface area contributed by atoms with E-state index in [4.69, 9.17) is 0 Å². The van der Waals surface area contributed by atoms with Gasteiger partial charge in [-0.25, -0.2) is 0 Å². The van der Waals surface area contributed by atoms with Gasteiger partial charge in [0.05, 0.1) is 9.82 Å². The zero-order chi connectivity index (χ0) is 15.4. The topological polar surface area (TPSA) is 72.2 Å². The number of para-hydroxylation sites is 1. The first-order valence-corrected chi connectivity index (χ1v) is 7.08. The van der Waals surface area contributed by atoms with E-state index in [0.717, 1.165) is 16.1 Å². The zero-order valence-corrected chi connectivity index (χ0v) is 12.4. The highest BCUT2D eigenvalue weighted by Gasteiger charge is 2.13. The van der Waals surface area contributed by atoms with Crippen LogP contribution in [-0.4, -0.2) is 10.8 Å². The van der Waals surface area contributed by atoms with E-state index in [1.165, 1.54) is 24.8 Å². The van der Waals surface area contributed by atoms with Crippen molar-refractivity contribution in [1.29, 1.82) is 0 Å². The van der Waals surface area contributed by atoms with Crippen LogP contribution < -0.4 is 5.32 Å². The van der Waals surface area contributed by atoms with Crippen LogP contribution in [0.1, 0.15) is 12.5 Å². The minimum Gasteiger partial charge on any atom is -0.326 e. The average molecular weight is 302 g/mol. The highest BCUT2D eigenvalue weighted by atomic mass is 32.2. The van der Waals surface area contributed by atoms with Crippen LogP contribution in [0, 0.1) is 17.0 Å². The van der Waals surface area contributed by atoms with Crippen molar-refractivity contribution in [1.82, 2.24) is 0 Å². The molecule has 1 amide bonds. The summed E-state index contributed by atoms with van der Waals surface area (Å²) in [6, 6.07) is 12.2. The minimum atomic E-state index is -0.388. The molecule has 0 spiro atoms. The molecule has 5 nitrogen and oxygen atoms in total. The second-order valence-corrected chi connectivity index (χ2v) is 5.60. The summed E-state index contributed by atoms with van der Waals surface area (Å²) in [6.45, 7) is 3.34. The van der Waals surface area contributed by atoms with Crippen molar-refractivity contribution < 1.29 is 9.72 Å². The van der Waals surface area contributed by atoms with Crippen molar-refractivity contribution >= 4 is 29.0 Å². The van der Waals surface area contributed by atoms with Gasteiger partial charge in [-0.1, -0.05) is 23.9 Å². The van der Waals surface area contributed by atoms with Crippen LogP contribution in [0.15, 0.2) is 52.3 Å². The summed E-state index contributed by atoms with van der Waals surface area (Å²) in [4.78, 5) is 23.2. The fourth-order valence-corrected chi connectivity index (χ4v) is 2.87. The molecule has 21 heavy (non-hydrogen) atoms. The summed E-state index contributed by atoms with van der Waals surface area (Å²) in [6.07, 6.45) is 0. The maximum Gasteiger partial charge on any atom is 0.283 e. The normalized spacial score (nSPS) is 10.2. The molecule has 0 aliphatic rings. The highest BCUT2D eigenvalue weighted by molar-refractivity contribution is 7.99. The van der Waals surface area contributed by atoms with E-state index in [-0.39, 0.29) is 16.5 Å². The number of rotatable bonds is 4. The third kappa shape index (κ3) is 3.82. The van der Waals surface area contributed by atoms with Gasteiger partial charge in [-0.15, -0.1) is 0 Å². The molecule has 0 radical (unpaired) electrons. The molecule has 0 bridgehead atoms. The van der Waals surface area contributed by atoms with Crippen LogP contribution in [-0.2, 0) is 4.79 Å². The molecule has 2 rings (SSSR count). The van der Waals surface area contributed by atoms with Gasteiger partial charge < -0.3 is 5.32 Å². The lowest BCUT2D eigenvalue weighted by Gasteiger charge is -2.09. The SMILES string of the molecule is CC(=O)Nc1ccc(Sc2ccccc2[N+](=O)[O-])cc1C. The Kier molecular flexibility index (Phi) is 4.59. The summed E-state index contributed by atoms with van der Waals surface area (Å²) >= 11 is 1.33. The molecule has 0 aliphatic heterocycles. The number of carbonyl (C=O) groups is 1. The molecular formula is C15H14N2O3S. The monoisotopic (exact) mass is 302 g/mol. The van der Waals surface area contributed by atoms with Gasteiger partial charge in [-0.05, 0) is 36.8 Å². The average Bonchev–Trinajstić information content (AvgIpc) is 2.42. The third-order valence-electron chi connectivity index (χ3n) is 2.80. The lowest BCUT2D eigenvalue weighted by Crippen LogP contribution is -2.06. The molecular weight excluding hydrogens is 288 g/mol. The molecule has 0 saturated carbocycles. The first-order chi connectivity index (χ1) is 9.97. The first-order valence-electron chi connectivity index (χ1n) is 6.27. The van der Waals surface area contributed by atoms with Gasteiger partial charge in [0.25, 0.3) is 5.69 Å². The molecule has 0 atom stereocenters. The van der Waals surface area contributed by atoms with Crippen LogP contribution in [0.3, 0.4) is 0 Å². The van der Waals surface area contributed by atoms with E-state index in [0.29, 0.717) is 4.90 Å². The maximum atomic E-state index is 11.1. The Morgan fingerprint density at radius 1 is 1.24 bits per heavy atom. The smallest absolute Gasteiger partial charge is 0.283 e. The Hall–Kier alpha value is -2.34. The van der Waals surface area contributed by atoms with Gasteiger partial charge in [-0.2, -0.15) is 0 Å². The van der Waals surface area contributed by atoms with Crippen LogP contribution in [0.5, 0.6) is 0 Å². The van der Waals surface area contributed by atoms with E-state index in [1.54, 1.807) is 24.3 Å². The van der Waals surface area contributed by atoms with E-state index >= 15 is 0 Å². The Balaban J connectivity index is 2.27. The number of amides is 1. The number of nitrogens with zero attached hydrogens (tertiary/aromatic N) is 1. The number of hydrogen-bond acceptors (Lipinski definition) is 4. The van der Waals surface area contributed by atoms with Crippen LogP contribution in [0.25, 0.3) is 0 Å². The van der Waals surface area contributed by atoms with Crippen molar-refractivity contribution in [2.75, 3.05) is 5.32 Å². The molecule has 0 aliphatic carbocycles. The number of carbonyl (C=O) groups excluding carboxylic acids is 1. The van der Waals surface area contributed by atoms with Gasteiger partial charge in [0, 0.05) is 23.6 Å². The van der Waals surface area contributed by atoms with Crippen LogP contribution >= 0.6 is 11.8 Å². The number of hydrogen-bond donors (Lipinski definition) is 1. The standard InChI is InChI=1S/C15H14N2O3S/c1-10-9-12(7-8-13(10)16-11(2)18)21-15-6-4-3-5-14(15)17(19)20/h3-9H,1-2H3,(H,16,18). The summed E-state index contributed by atoms with van der Waals surface area (Å²) in [5.74, 6) is -0.128. The first kappa shape index (κ1) is 15.1. The summed E-state index contributed by atoms with van der Waals surface area (Å²) in [5.41, 5.74) is 1.74. The van der Waals surface area contributed by atoms with Crippen molar-refractivity contribution in [2.45, 2.75) is 23.6 Å². The van der Waals surface area contributed by atoms with Gasteiger partial charge >= 0.3 is 0 Å². The summed E-state index contributed by atoms with van der Waals surface area (Å²) in [5, 5.41) is 13.7. The molecule has 0 aromatic heterocycles. The molecule has 0 unspecified atom stereocenters. The number of nitro groups is 1. The van der Waals surface area contributed by atoms with Crippen molar-refractivity contribution in [3.05, 3.63) is 58.1 Å². The van der Waals surface area contributed by atoms with E-state index in [1.807, 2.05) is 19.1 Å². The summed E-state index contributed by atoms with van der Waals surface area (Å²) < 4.78 is 0. The Bertz CT molecular complexity index is 701. The third-order valence-corrected chi connectivity index (χ3v) is 3.85. The molecule has 0 saturated heterocycles. The lowest BCUT2D eigenvalue weighted by atomic mass is 10.2. The van der Waals surface area contributed by atoms with Gasteiger partial charge in [0.1, 0.15) is 0 Å². The summed E-state index contributed by atoms with van der Waals surface area (Å²) in [7, 11) is 0. The van der Waals surface area contributed by atoms with Gasteiger partial charge in [-0.3, -0.25) is 14.9 Å². The largest absolute Gasteiger partial charge is 0.326 e. The second kappa shape index (κ2) is 6.41. The molecule has 2 aromatic carbocycles. The van der Waals surface area contributed by atoms with E-state index in [9.17, 15) is 14.9 Å². The molecule has 0 fully saturated rings. The highest BCUT2D eigenvalue weighted by Crippen LogP contribution is 2.35. The van der Waals surface area contributed by atoms with Crippen molar-refractivity contribution in [2.24, 2.45) is 0 Å². The molecule has 108 valence electrons. The molecule has 1 N–H and O–H groups in total. The van der Waals surface area contributed by atoms with Gasteiger partial charge in [0.2, 0.25) is 5.91 Å². The number of benzene rings is 2. The number of anilines is 1. The number of nitrogens with one attached hydrogen (secondary N) is 1. The van der Waals surface area contributed by atoms with Crippen LogP contribution in [0.4, 0.5) is 11.4 Å². The Morgan fingerprint density at radius 2 is 1.95 bits per heavy atom. The Morgan fingerprint density at radius 3 is 2.57 bits per heavy atom. The maximum absolute atomic E-state index is 11.1. The van der Waals surface area contributed by atoms with E-state index in [2.05, 4.69) is 5.32 Å². The quantitative estimate of drug-likeness (QED) is 0.684. The molecule has 0 heterocycles. The van der Waals surface area contributed by atoms with Gasteiger partial charge in [0.15, 0.2) is 0 Å². The Labute approximate surface area is 126 Å². The van der Waals surface area contributed by atoms with Crippen LogP contribution in [0.2, 0.25) is 0 Å². The van der Waals surface area contributed by atoms with E-state index < -0.39 is 0 Å². The second-order valence-electron chi connectivity index (χ2n) is 4.48. The fraction of sp³-hybridized carbons (Fsp3) is 0.133. The molecule has 6 heteroatoms. The predicted octanol–water partition coefficient (Wildman–Crippen LogP) is 4.01. The lowest BCUT2D eigenvalue weighted by molar-refractivity contribution is -0.387. The molecule has 2 aromatic rings. The number of nitro benzene ring substituents is 1. The minimum absolute atomic E-state index is 0.0890. The fourth-order valence-electron chi connectivity index (χ4n) is 1.85. The number of aryl methyl sites for hydroxylation is 1. The van der Waals surface area contributed by atoms with Crippen molar-refractivity contribution in [3.63, 3.8) is 0 Å². The predicted molar refractivity (Wildman–Crippen MR) is 82.7 cm³/mol.